The van der Waals surface area contributed by atoms with Crippen LogP contribution in [0.5, 0.6) is 0 Å². The minimum Gasteiger partial charge on any atom is -0.454 e. The molecule has 0 aliphatic rings. The zero-order valence-corrected chi connectivity index (χ0v) is 15.1. The molecular weight excluding hydrogens is 370 g/mol. The normalized spacial score (nSPS) is 11.6. The highest BCUT2D eigenvalue weighted by atomic mass is 35.5. The van der Waals surface area contributed by atoms with Gasteiger partial charge < -0.3 is 4.42 Å². The van der Waals surface area contributed by atoms with Crippen molar-refractivity contribution in [2.75, 3.05) is 4.72 Å². The molecule has 4 nitrogen and oxygen atoms in total. The Kier molecular flexibility index (Phi) is 4.18. The molecule has 0 radical (unpaired) electrons. The molecule has 6 heteroatoms. The first kappa shape index (κ1) is 16.7. The maximum Gasteiger partial charge on any atom is 0.262 e. The van der Waals surface area contributed by atoms with Crippen molar-refractivity contribution < 1.29 is 12.8 Å². The summed E-state index contributed by atoms with van der Waals surface area (Å²) < 4.78 is 34.3. The molecule has 130 valence electrons. The summed E-state index contributed by atoms with van der Waals surface area (Å²) in [4.78, 5) is 0.176. The minimum absolute atomic E-state index is 0.176. The van der Waals surface area contributed by atoms with Gasteiger partial charge in [0.05, 0.1) is 4.90 Å². The Bertz CT molecular complexity index is 1170. The van der Waals surface area contributed by atoms with Crippen molar-refractivity contribution >= 4 is 38.3 Å². The standard InChI is InChI=1S/C20H14ClNO3S/c21-15-11-12-18-17(13-15)19(20(25-18)14-7-3-1-4-8-14)22-26(23,24)16-9-5-2-6-10-16/h1-13,22H. The van der Waals surface area contributed by atoms with E-state index in [2.05, 4.69) is 4.72 Å². The molecule has 0 saturated heterocycles. The second-order valence-corrected chi connectivity index (χ2v) is 7.85. The Morgan fingerprint density at radius 3 is 2.19 bits per heavy atom. The molecule has 0 bridgehead atoms. The lowest BCUT2D eigenvalue weighted by atomic mass is 10.1. The SMILES string of the molecule is O=S(=O)(Nc1c(-c2ccccc2)oc2ccc(Cl)cc12)c1ccccc1. The minimum atomic E-state index is -3.77. The van der Waals surface area contributed by atoms with Gasteiger partial charge in [-0.15, -0.1) is 0 Å². The van der Waals surface area contributed by atoms with Gasteiger partial charge in [0.25, 0.3) is 10.0 Å². The van der Waals surface area contributed by atoms with Gasteiger partial charge in [0, 0.05) is 16.0 Å². The number of benzene rings is 3. The summed E-state index contributed by atoms with van der Waals surface area (Å²) >= 11 is 6.12. The molecule has 0 atom stereocenters. The summed E-state index contributed by atoms with van der Waals surface area (Å²) in [6, 6.07) is 22.7. The number of halogens is 1. The van der Waals surface area contributed by atoms with Gasteiger partial charge in [-0.2, -0.15) is 0 Å². The van der Waals surface area contributed by atoms with Crippen LogP contribution in [0.1, 0.15) is 0 Å². The summed E-state index contributed by atoms with van der Waals surface area (Å²) in [5.41, 5.74) is 1.70. The predicted octanol–water partition coefficient (Wildman–Crippen LogP) is 5.55. The van der Waals surface area contributed by atoms with Crippen molar-refractivity contribution in [3.05, 3.63) is 83.9 Å². The highest BCUT2D eigenvalue weighted by Gasteiger charge is 2.22. The van der Waals surface area contributed by atoms with E-state index in [1.165, 1.54) is 0 Å². The van der Waals surface area contributed by atoms with Crippen molar-refractivity contribution in [2.24, 2.45) is 0 Å². The number of furan rings is 1. The fraction of sp³-hybridized carbons (Fsp3) is 0. The quantitative estimate of drug-likeness (QED) is 0.502. The van der Waals surface area contributed by atoms with E-state index in [9.17, 15) is 8.42 Å². The zero-order valence-electron chi connectivity index (χ0n) is 13.5. The van der Waals surface area contributed by atoms with E-state index in [-0.39, 0.29) is 4.90 Å². The predicted molar refractivity (Wildman–Crippen MR) is 104 cm³/mol. The summed E-state index contributed by atoms with van der Waals surface area (Å²) in [5, 5.41) is 1.11. The number of rotatable bonds is 4. The molecule has 0 aliphatic heterocycles. The van der Waals surface area contributed by atoms with Crippen molar-refractivity contribution in [3.63, 3.8) is 0 Å². The first-order valence-electron chi connectivity index (χ1n) is 7.90. The summed E-state index contributed by atoms with van der Waals surface area (Å²) in [6.07, 6.45) is 0. The fourth-order valence-corrected chi connectivity index (χ4v) is 4.03. The molecular formula is C20H14ClNO3S. The Morgan fingerprint density at radius 1 is 0.846 bits per heavy atom. The number of hydrogen-bond acceptors (Lipinski definition) is 3. The number of sulfonamides is 1. The van der Waals surface area contributed by atoms with Gasteiger partial charge in [0.1, 0.15) is 11.3 Å². The molecule has 26 heavy (non-hydrogen) atoms. The van der Waals surface area contributed by atoms with E-state index < -0.39 is 10.0 Å². The lowest BCUT2D eigenvalue weighted by molar-refractivity contribution is 0.600. The van der Waals surface area contributed by atoms with Gasteiger partial charge in [-0.1, -0.05) is 60.1 Å². The summed E-state index contributed by atoms with van der Waals surface area (Å²) in [7, 11) is -3.77. The van der Waals surface area contributed by atoms with Crippen LogP contribution in [0.15, 0.2) is 88.2 Å². The third kappa shape index (κ3) is 3.07. The Hall–Kier alpha value is -2.76. The first-order chi connectivity index (χ1) is 12.5. The second kappa shape index (κ2) is 6.52. The molecule has 0 saturated carbocycles. The van der Waals surface area contributed by atoms with E-state index in [0.29, 0.717) is 27.4 Å². The number of hydrogen-bond donors (Lipinski definition) is 1. The van der Waals surface area contributed by atoms with Crippen LogP contribution in [0.4, 0.5) is 5.69 Å². The van der Waals surface area contributed by atoms with Crippen LogP contribution in [0.2, 0.25) is 5.02 Å². The van der Waals surface area contributed by atoms with Crippen molar-refractivity contribution in [1.29, 1.82) is 0 Å². The van der Waals surface area contributed by atoms with Crippen molar-refractivity contribution in [3.8, 4) is 11.3 Å². The number of nitrogens with one attached hydrogen (secondary N) is 1. The molecule has 4 aromatic rings. The van der Waals surface area contributed by atoms with Crippen molar-refractivity contribution in [1.82, 2.24) is 0 Å². The second-order valence-electron chi connectivity index (χ2n) is 5.73. The fourth-order valence-electron chi connectivity index (χ4n) is 2.76. The average molecular weight is 384 g/mol. The van der Waals surface area contributed by atoms with Gasteiger partial charge in [0.15, 0.2) is 5.76 Å². The molecule has 1 aromatic heterocycles. The Morgan fingerprint density at radius 2 is 1.50 bits per heavy atom. The molecule has 4 rings (SSSR count). The molecule has 0 fully saturated rings. The topological polar surface area (TPSA) is 59.3 Å². The Labute approximate surface area is 156 Å². The molecule has 0 unspecified atom stereocenters. The zero-order chi connectivity index (χ0) is 18.1. The third-order valence-electron chi connectivity index (χ3n) is 3.98. The van der Waals surface area contributed by atoms with Crippen LogP contribution in [0.25, 0.3) is 22.3 Å². The highest BCUT2D eigenvalue weighted by Crippen LogP contribution is 2.40. The van der Waals surface area contributed by atoms with Gasteiger partial charge >= 0.3 is 0 Å². The van der Waals surface area contributed by atoms with Crippen LogP contribution in [0, 0.1) is 0 Å². The molecule has 3 aromatic carbocycles. The lowest BCUT2D eigenvalue weighted by Crippen LogP contribution is -2.13. The van der Waals surface area contributed by atoms with Gasteiger partial charge in [-0.25, -0.2) is 8.42 Å². The number of anilines is 1. The molecule has 1 heterocycles. The largest absolute Gasteiger partial charge is 0.454 e. The maximum absolute atomic E-state index is 12.8. The number of fused-ring (bicyclic) bond motifs is 1. The Balaban J connectivity index is 1.92. The smallest absolute Gasteiger partial charge is 0.262 e. The van der Waals surface area contributed by atoms with Gasteiger partial charge in [0.2, 0.25) is 0 Å². The first-order valence-corrected chi connectivity index (χ1v) is 9.76. The van der Waals surface area contributed by atoms with Crippen LogP contribution < -0.4 is 4.72 Å². The lowest BCUT2D eigenvalue weighted by Gasteiger charge is -2.09. The van der Waals surface area contributed by atoms with Crippen LogP contribution >= 0.6 is 11.6 Å². The summed E-state index contributed by atoms with van der Waals surface area (Å²) in [5.74, 6) is 0.447. The van der Waals surface area contributed by atoms with Crippen LogP contribution in [0.3, 0.4) is 0 Å². The van der Waals surface area contributed by atoms with E-state index in [1.807, 2.05) is 30.3 Å². The van der Waals surface area contributed by atoms with Gasteiger partial charge in [-0.05, 0) is 30.3 Å². The molecule has 0 amide bonds. The third-order valence-corrected chi connectivity index (χ3v) is 5.58. The molecule has 1 N–H and O–H groups in total. The average Bonchev–Trinajstić information content (AvgIpc) is 3.00. The van der Waals surface area contributed by atoms with E-state index >= 15 is 0 Å². The van der Waals surface area contributed by atoms with Crippen LogP contribution in [-0.2, 0) is 10.0 Å². The summed E-state index contributed by atoms with van der Waals surface area (Å²) in [6.45, 7) is 0. The van der Waals surface area contributed by atoms with E-state index in [1.54, 1.807) is 48.5 Å². The molecule has 0 spiro atoms. The van der Waals surface area contributed by atoms with Gasteiger partial charge in [-0.3, -0.25) is 4.72 Å². The monoisotopic (exact) mass is 383 g/mol. The van der Waals surface area contributed by atoms with Crippen molar-refractivity contribution in [2.45, 2.75) is 4.90 Å². The van der Waals surface area contributed by atoms with Crippen LogP contribution in [-0.4, -0.2) is 8.42 Å². The molecule has 0 aliphatic carbocycles. The maximum atomic E-state index is 12.8. The van der Waals surface area contributed by atoms with E-state index in [4.69, 9.17) is 16.0 Å². The highest BCUT2D eigenvalue weighted by molar-refractivity contribution is 7.92. The van der Waals surface area contributed by atoms with E-state index in [0.717, 1.165) is 5.56 Å².